The minimum absolute atomic E-state index is 0.0265. The molecule has 1 aromatic rings. The number of aliphatic hydroxyl groups excluding tert-OH is 2. The normalized spacial score (nSPS) is 20.1. The summed E-state index contributed by atoms with van der Waals surface area (Å²) in [6.07, 6.45) is 2.53. The Hall–Kier alpha value is -0.940. The molecular formula is C16H25NO3. The first kappa shape index (κ1) is 15.4. The van der Waals surface area contributed by atoms with Crippen LogP contribution in [0.1, 0.15) is 37.9 Å². The second-order valence-corrected chi connectivity index (χ2v) is 5.71. The van der Waals surface area contributed by atoms with Crippen molar-refractivity contribution >= 4 is 0 Å². The van der Waals surface area contributed by atoms with Gasteiger partial charge in [-0.25, -0.2) is 0 Å². The van der Waals surface area contributed by atoms with Gasteiger partial charge < -0.3 is 20.3 Å². The van der Waals surface area contributed by atoms with Crippen molar-refractivity contribution in [3.05, 3.63) is 35.9 Å². The molecule has 1 saturated carbocycles. The van der Waals surface area contributed by atoms with Crippen LogP contribution in [-0.4, -0.2) is 41.6 Å². The molecule has 0 bridgehead atoms. The van der Waals surface area contributed by atoms with Crippen molar-refractivity contribution in [2.24, 2.45) is 0 Å². The van der Waals surface area contributed by atoms with Gasteiger partial charge in [0, 0.05) is 12.1 Å². The summed E-state index contributed by atoms with van der Waals surface area (Å²) >= 11 is 0. The molecule has 0 heterocycles. The minimum atomic E-state index is -0.551. The maximum atomic E-state index is 9.95. The number of rotatable bonds is 8. The molecule has 1 aliphatic rings. The third-order valence-electron chi connectivity index (χ3n) is 4.13. The number of hydrogen-bond donors (Lipinski definition) is 3. The number of ether oxygens (including phenoxy) is 1. The number of benzene rings is 1. The molecule has 2 rings (SSSR count). The fraction of sp³-hybridized carbons (Fsp3) is 0.625. The Balaban J connectivity index is 1.68. The summed E-state index contributed by atoms with van der Waals surface area (Å²) in [5.74, 6) is 0. The Bertz CT molecular complexity index is 386. The van der Waals surface area contributed by atoms with E-state index in [0.717, 1.165) is 24.8 Å². The van der Waals surface area contributed by atoms with E-state index in [1.165, 1.54) is 0 Å². The summed E-state index contributed by atoms with van der Waals surface area (Å²) < 4.78 is 5.69. The van der Waals surface area contributed by atoms with Crippen LogP contribution in [0.5, 0.6) is 0 Å². The van der Waals surface area contributed by atoms with Crippen molar-refractivity contribution in [2.45, 2.75) is 43.9 Å². The lowest BCUT2D eigenvalue weighted by Gasteiger charge is -2.41. The van der Waals surface area contributed by atoms with Gasteiger partial charge in [0.25, 0.3) is 0 Å². The Morgan fingerprint density at radius 2 is 2.00 bits per heavy atom. The van der Waals surface area contributed by atoms with Crippen molar-refractivity contribution in [3.63, 3.8) is 0 Å². The van der Waals surface area contributed by atoms with Crippen molar-refractivity contribution in [1.29, 1.82) is 0 Å². The molecular weight excluding hydrogens is 254 g/mol. The second kappa shape index (κ2) is 7.18. The molecule has 0 amide bonds. The van der Waals surface area contributed by atoms with E-state index in [1.54, 1.807) is 0 Å². The van der Waals surface area contributed by atoms with Crippen LogP contribution in [0.4, 0.5) is 0 Å². The molecule has 0 saturated heterocycles. The van der Waals surface area contributed by atoms with Crippen molar-refractivity contribution in [1.82, 2.24) is 5.32 Å². The monoisotopic (exact) mass is 279 g/mol. The van der Waals surface area contributed by atoms with Crippen LogP contribution < -0.4 is 5.32 Å². The third kappa shape index (κ3) is 4.03. The maximum absolute atomic E-state index is 9.95. The van der Waals surface area contributed by atoms with Gasteiger partial charge in [0.2, 0.25) is 0 Å². The molecule has 112 valence electrons. The molecule has 4 heteroatoms. The summed E-state index contributed by atoms with van der Waals surface area (Å²) in [5.41, 5.74) is 0.949. The predicted molar refractivity (Wildman–Crippen MR) is 78.5 cm³/mol. The summed E-state index contributed by atoms with van der Waals surface area (Å²) in [6.45, 7) is 2.88. The first-order valence-electron chi connectivity index (χ1n) is 7.36. The van der Waals surface area contributed by atoms with E-state index in [0.29, 0.717) is 13.2 Å². The van der Waals surface area contributed by atoms with Gasteiger partial charge in [-0.1, -0.05) is 30.3 Å². The summed E-state index contributed by atoms with van der Waals surface area (Å²) in [5, 5.41) is 22.6. The molecule has 2 unspecified atom stereocenters. The predicted octanol–water partition coefficient (Wildman–Crippen LogP) is 1.63. The van der Waals surface area contributed by atoms with E-state index in [4.69, 9.17) is 4.74 Å². The van der Waals surface area contributed by atoms with E-state index in [9.17, 15) is 10.2 Å². The zero-order valence-corrected chi connectivity index (χ0v) is 12.1. The lowest BCUT2D eigenvalue weighted by molar-refractivity contribution is -0.0109. The van der Waals surface area contributed by atoms with Gasteiger partial charge in [-0.05, 0) is 31.7 Å². The highest BCUT2D eigenvalue weighted by molar-refractivity contribution is 5.16. The number of hydrogen-bond acceptors (Lipinski definition) is 4. The molecule has 1 aromatic carbocycles. The number of β-amino-alcohol motifs (C(OH)–C–C–N with tert-alkyl or cyclic N) is 1. The molecule has 3 N–H and O–H groups in total. The minimum Gasteiger partial charge on any atom is -0.394 e. The van der Waals surface area contributed by atoms with Gasteiger partial charge in [-0.15, -0.1) is 0 Å². The molecule has 1 fully saturated rings. The summed E-state index contributed by atoms with van der Waals surface area (Å²) in [6, 6.07) is 9.97. The van der Waals surface area contributed by atoms with Crippen LogP contribution >= 0.6 is 0 Å². The molecule has 0 radical (unpaired) electrons. The number of aliphatic hydroxyl groups is 2. The summed E-state index contributed by atoms with van der Waals surface area (Å²) in [7, 11) is 0. The fourth-order valence-electron chi connectivity index (χ4n) is 2.46. The van der Waals surface area contributed by atoms with Crippen LogP contribution in [0.2, 0.25) is 0 Å². The van der Waals surface area contributed by atoms with Crippen molar-refractivity contribution < 1.29 is 14.9 Å². The van der Waals surface area contributed by atoms with Crippen molar-refractivity contribution in [2.75, 3.05) is 19.8 Å². The maximum Gasteiger partial charge on any atom is 0.0898 e. The van der Waals surface area contributed by atoms with Gasteiger partial charge >= 0.3 is 0 Å². The average molecular weight is 279 g/mol. The van der Waals surface area contributed by atoms with E-state index in [1.807, 2.05) is 37.3 Å². The van der Waals surface area contributed by atoms with Gasteiger partial charge in [0.15, 0.2) is 0 Å². The highest BCUT2D eigenvalue weighted by Gasteiger charge is 2.35. The molecule has 20 heavy (non-hydrogen) atoms. The highest BCUT2D eigenvalue weighted by Crippen LogP contribution is 2.31. The Labute approximate surface area is 120 Å². The van der Waals surface area contributed by atoms with Gasteiger partial charge in [-0.2, -0.15) is 0 Å². The molecule has 0 aliphatic heterocycles. The molecule has 2 atom stereocenters. The largest absolute Gasteiger partial charge is 0.394 e. The first-order chi connectivity index (χ1) is 9.65. The van der Waals surface area contributed by atoms with E-state index >= 15 is 0 Å². The second-order valence-electron chi connectivity index (χ2n) is 5.71. The highest BCUT2D eigenvalue weighted by atomic mass is 16.5. The Morgan fingerprint density at radius 3 is 2.55 bits per heavy atom. The fourth-order valence-corrected chi connectivity index (χ4v) is 2.46. The molecule has 4 nitrogen and oxygen atoms in total. The van der Waals surface area contributed by atoms with Crippen molar-refractivity contribution in [3.8, 4) is 0 Å². The Kier molecular flexibility index (Phi) is 5.54. The molecule has 1 aliphatic carbocycles. The smallest absolute Gasteiger partial charge is 0.0898 e. The number of nitrogens with one attached hydrogen (secondary N) is 1. The first-order valence-corrected chi connectivity index (χ1v) is 7.36. The molecule has 0 aromatic heterocycles. The third-order valence-corrected chi connectivity index (χ3v) is 4.13. The van der Waals surface area contributed by atoms with E-state index in [-0.39, 0.29) is 18.2 Å². The zero-order chi connectivity index (χ0) is 14.4. The standard InChI is InChI=1S/C16H25NO3/c1-13(14-6-3-2-4-7-14)20-11-15(19)10-17-16(12-18)8-5-9-16/h2-4,6-7,13,15,17-19H,5,8-12H2,1H3. The molecule has 0 spiro atoms. The van der Waals surface area contributed by atoms with Crippen LogP contribution in [0, 0.1) is 0 Å². The van der Waals surface area contributed by atoms with Crippen LogP contribution in [0.15, 0.2) is 30.3 Å². The Morgan fingerprint density at radius 1 is 1.30 bits per heavy atom. The topological polar surface area (TPSA) is 61.7 Å². The lowest BCUT2D eigenvalue weighted by Crippen LogP contribution is -2.56. The quantitative estimate of drug-likeness (QED) is 0.677. The lowest BCUT2D eigenvalue weighted by atomic mass is 9.77. The average Bonchev–Trinajstić information content (AvgIpc) is 2.45. The van der Waals surface area contributed by atoms with Crippen LogP contribution in [0.3, 0.4) is 0 Å². The van der Waals surface area contributed by atoms with Crippen LogP contribution in [0.25, 0.3) is 0 Å². The summed E-state index contributed by atoms with van der Waals surface area (Å²) in [4.78, 5) is 0. The van der Waals surface area contributed by atoms with Gasteiger partial charge in [0.05, 0.1) is 25.4 Å². The zero-order valence-electron chi connectivity index (χ0n) is 12.1. The van der Waals surface area contributed by atoms with E-state index in [2.05, 4.69) is 5.32 Å². The van der Waals surface area contributed by atoms with Gasteiger partial charge in [0.1, 0.15) is 0 Å². The van der Waals surface area contributed by atoms with E-state index < -0.39 is 6.10 Å². The van der Waals surface area contributed by atoms with Gasteiger partial charge in [-0.3, -0.25) is 0 Å². The van der Waals surface area contributed by atoms with Crippen LogP contribution in [-0.2, 0) is 4.74 Å². The SMILES string of the molecule is CC(OCC(O)CNC1(CO)CCC1)c1ccccc1.